The molecule has 2 bridgehead atoms. The molecule has 6 rings (SSSR count). The molecule has 0 spiro atoms. The molecule has 1 aliphatic heterocycles. The van der Waals surface area contributed by atoms with Crippen LogP contribution in [0, 0.1) is 34.0 Å². The Bertz CT molecular complexity index is 1740. The van der Waals surface area contributed by atoms with Crippen LogP contribution in [0.2, 0.25) is 0 Å². The van der Waals surface area contributed by atoms with Crippen molar-refractivity contribution in [3.05, 3.63) is 47.0 Å². The van der Waals surface area contributed by atoms with Gasteiger partial charge in [0.15, 0.2) is 11.7 Å². The highest BCUT2D eigenvalue weighted by atomic mass is 16.6. The SMILES string of the molecule is C/C=C(\C)C(=O)O[C@H]1[C@]2(C)C[C@@]3(O)[C@](C)([C@H]4CC[C@]5(C)C(=C4[C@H](OC(=O)[C@H](C)CC)[C@@]13O)[C@@H](OC(C)=O)C(=O)O[C@H]5c1ccoc1)[C@H]2CC(=O)OC. The molecule has 52 heavy (non-hydrogen) atoms. The number of cyclic esters (lactones) is 1. The lowest BCUT2D eigenvalue weighted by atomic mass is 9.40. The highest BCUT2D eigenvalue weighted by molar-refractivity contribution is 5.88. The first kappa shape index (κ1) is 37.8. The molecule has 0 unspecified atom stereocenters. The van der Waals surface area contributed by atoms with E-state index >= 15 is 0 Å². The summed E-state index contributed by atoms with van der Waals surface area (Å²) in [7, 11) is 1.26. The second-order valence-electron chi connectivity index (χ2n) is 16.1. The molecule has 0 aromatic carbocycles. The summed E-state index contributed by atoms with van der Waals surface area (Å²) in [6.45, 7) is 13.3. The number of carbonyl (C=O) groups is 5. The van der Waals surface area contributed by atoms with E-state index in [1.54, 1.807) is 53.7 Å². The zero-order chi connectivity index (χ0) is 38.3. The summed E-state index contributed by atoms with van der Waals surface area (Å²) in [4.78, 5) is 67.5. The number of rotatable bonds is 9. The maximum absolute atomic E-state index is 14.0. The van der Waals surface area contributed by atoms with Crippen molar-refractivity contribution in [3.8, 4) is 0 Å². The van der Waals surface area contributed by atoms with Crippen molar-refractivity contribution in [2.24, 2.45) is 34.0 Å². The van der Waals surface area contributed by atoms with Crippen LogP contribution >= 0.6 is 0 Å². The average Bonchev–Trinajstić information content (AvgIpc) is 3.74. The molecule has 284 valence electrons. The first-order chi connectivity index (χ1) is 24.3. The third-order valence-electron chi connectivity index (χ3n) is 13.6. The molecule has 2 heterocycles. The number of carbonyl (C=O) groups excluding carboxylic acids is 5. The summed E-state index contributed by atoms with van der Waals surface area (Å²) in [5.74, 6) is -5.79. The smallest absolute Gasteiger partial charge is 0.352 e. The number of hydrogen-bond acceptors (Lipinski definition) is 13. The first-order valence-electron chi connectivity index (χ1n) is 18.0. The number of methoxy groups -OCH3 is 1. The number of furan rings is 1. The van der Waals surface area contributed by atoms with Crippen molar-refractivity contribution in [3.63, 3.8) is 0 Å². The fourth-order valence-corrected chi connectivity index (χ4v) is 10.8. The van der Waals surface area contributed by atoms with E-state index in [4.69, 9.17) is 28.1 Å². The van der Waals surface area contributed by atoms with Gasteiger partial charge >= 0.3 is 29.8 Å². The van der Waals surface area contributed by atoms with E-state index in [0.717, 1.165) is 6.92 Å². The van der Waals surface area contributed by atoms with E-state index < -0.39 is 99.5 Å². The molecule has 3 saturated carbocycles. The minimum absolute atomic E-state index is 0.109. The minimum Gasteiger partial charge on any atom is -0.472 e. The molecule has 4 fully saturated rings. The van der Waals surface area contributed by atoms with Crippen LogP contribution in [0.5, 0.6) is 0 Å². The van der Waals surface area contributed by atoms with Crippen LogP contribution in [0.3, 0.4) is 0 Å². The van der Waals surface area contributed by atoms with Gasteiger partial charge in [0, 0.05) is 40.7 Å². The molecular weight excluding hydrogens is 676 g/mol. The van der Waals surface area contributed by atoms with Crippen molar-refractivity contribution in [1.82, 2.24) is 0 Å². The van der Waals surface area contributed by atoms with Crippen molar-refractivity contribution >= 4 is 29.8 Å². The summed E-state index contributed by atoms with van der Waals surface area (Å²) < 4.78 is 34.9. The predicted octanol–water partition coefficient (Wildman–Crippen LogP) is 4.44. The Labute approximate surface area is 303 Å². The van der Waals surface area contributed by atoms with E-state index in [-0.39, 0.29) is 29.6 Å². The van der Waals surface area contributed by atoms with E-state index in [1.807, 2.05) is 6.92 Å². The second-order valence-corrected chi connectivity index (χ2v) is 16.1. The summed E-state index contributed by atoms with van der Waals surface area (Å²) in [6.07, 6.45) is -0.522. The molecule has 12 atom stereocenters. The van der Waals surface area contributed by atoms with Gasteiger partial charge in [0.2, 0.25) is 6.10 Å². The van der Waals surface area contributed by atoms with Gasteiger partial charge in [0.1, 0.15) is 17.8 Å². The number of aliphatic hydroxyl groups is 2. The fourth-order valence-electron chi connectivity index (χ4n) is 10.8. The molecule has 1 aromatic heterocycles. The minimum atomic E-state index is -2.50. The highest BCUT2D eigenvalue weighted by Gasteiger charge is 2.90. The Hall–Kier alpha value is -3.97. The average molecular weight is 727 g/mol. The van der Waals surface area contributed by atoms with Crippen molar-refractivity contribution < 1.29 is 62.3 Å². The Kier molecular flexibility index (Phi) is 9.13. The Morgan fingerprint density at radius 3 is 2.37 bits per heavy atom. The normalized spacial score (nSPS) is 41.0. The van der Waals surface area contributed by atoms with Gasteiger partial charge in [-0.05, 0) is 68.6 Å². The van der Waals surface area contributed by atoms with Crippen LogP contribution in [0.15, 0.2) is 45.8 Å². The molecular formula is C39H50O13. The van der Waals surface area contributed by atoms with Crippen LogP contribution in [0.4, 0.5) is 0 Å². The number of hydrogen-bond donors (Lipinski definition) is 2. The Balaban J connectivity index is 1.72. The van der Waals surface area contributed by atoms with E-state index in [9.17, 15) is 34.2 Å². The molecule has 0 amide bonds. The quantitative estimate of drug-likeness (QED) is 0.158. The van der Waals surface area contributed by atoms with Crippen LogP contribution < -0.4 is 0 Å². The number of esters is 5. The van der Waals surface area contributed by atoms with Gasteiger partial charge in [-0.1, -0.05) is 40.7 Å². The third kappa shape index (κ3) is 4.83. The highest BCUT2D eigenvalue weighted by Crippen LogP contribution is 2.81. The van der Waals surface area contributed by atoms with Crippen LogP contribution in [0.25, 0.3) is 0 Å². The molecule has 1 saturated heterocycles. The molecule has 4 aliphatic carbocycles. The lowest BCUT2D eigenvalue weighted by Crippen LogP contribution is -2.80. The van der Waals surface area contributed by atoms with E-state index in [0.29, 0.717) is 24.8 Å². The van der Waals surface area contributed by atoms with Crippen molar-refractivity contribution in [1.29, 1.82) is 0 Å². The van der Waals surface area contributed by atoms with Crippen molar-refractivity contribution in [2.75, 3.05) is 7.11 Å². The molecule has 0 radical (unpaired) electrons. The van der Waals surface area contributed by atoms with Gasteiger partial charge in [0.05, 0.1) is 25.6 Å². The zero-order valence-corrected chi connectivity index (χ0v) is 31.3. The van der Waals surface area contributed by atoms with Gasteiger partial charge in [-0.15, -0.1) is 0 Å². The van der Waals surface area contributed by atoms with Crippen molar-refractivity contribution in [2.45, 2.75) is 123 Å². The van der Waals surface area contributed by atoms with Gasteiger partial charge in [-0.3, -0.25) is 14.4 Å². The maximum Gasteiger partial charge on any atom is 0.352 e. The second kappa shape index (κ2) is 12.6. The van der Waals surface area contributed by atoms with Crippen LogP contribution in [0.1, 0.15) is 99.2 Å². The molecule has 13 nitrogen and oxygen atoms in total. The van der Waals surface area contributed by atoms with Crippen LogP contribution in [-0.2, 0) is 47.7 Å². The summed E-state index contributed by atoms with van der Waals surface area (Å²) >= 11 is 0. The number of allylic oxidation sites excluding steroid dienone is 1. The summed E-state index contributed by atoms with van der Waals surface area (Å²) in [5.41, 5.74) is -6.96. The monoisotopic (exact) mass is 726 g/mol. The van der Waals surface area contributed by atoms with E-state index in [1.165, 1.54) is 19.6 Å². The van der Waals surface area contributed by atoms with Gasteiger partial charge in [-0.25, -0.2) is 9.59 Å². The van der Waals surface area contributed by atoms with Crippen LogP contribution in [-0.4, -0.2) is 76.7 Å². The topological polar surface area (TPSA) is 185 Å². The number of fused-ring (bicyclic) bond motifs is 4. The summed E-state index contributed by atoms with van der Waals surface area (Å²) in [5, 5.41) is 26.8. The largest absolute Gasteiger partial charge is 0.472 e. The zero-order valence-electron chi connectivity index (χ0n) is 31.3. The standard InChI is InChI=1S/C39H50O13/c1-10-19(3)31(42)51-30-26-23(12-14-35(6)27(26)28(49-21(5)40)33(44)50-29(35)22-13-15-48-17-22)37(8)24(16-25(41)47-9)36(7)18-38(37,45)39(30,46)34(36)52-32(43)20(4)11-2/h11,13,15,17,19,23-24,28-30,34,45-46H,10,12,14,16,18H2,1-9H3/b20-11+/t19-,23+,24+,28-,29+,30+,34+,35-,36-,37-,38-,39-/m1/s1. The number of ether oxygens (including phenoxy) is 5. The van der Waals surface area contributed by atoms with Gasteiger partial charge in [-0.2, -0.15) is 0 Å². The predicted molar refractivity (Wildman–Crippen MR) is 180 cm³/mol. The Morgan fingerprint density at radius 2 is 1.79 bits per heavy atom. The van der Waals surface area contributed by atoms with Gasteiger partial charge in [0.25, 0.3) is 0 Å². The summed E-state index contributed by atoms with van der Waals surface area (Å²) in [6, 6.07) is 1.67. The lowest BCUT2D eigenvalue weighted by molar-refractivity contribution is -0.316. The molecule has 2 N–H and O–H groups in total. The van der Waals surface area contributed by atoms with E-state index in [2.05, 4.69) is 0 Å². The maximum atomic E-state index is 14.0. The molecule has 13 heteroatoms. The first-order valence-corrected chi connectivity index (χ1v) is 18.0. The lowest BCUT2D eigenvalue weighted by Gasteiger charge is -2.68. The van der Waals surface area contributed by atoms with Gasteiger partial charge < -0.3 is 38.3 Å². The Morgan fingerprint density at radius 1 is 1.10 bits per heavy atom. The third-order valence-corrected chi connectivity index (χ3v) is 13.6. The molecule has 5 aliphatic rings. The fraction of sp³-hybridized carbons (Fsp3) is 0.667. The molecule has 1 aromatic rings.